The van der Waals surface area contributed by atoms with E-state index in [1.807, 2.05) is 51.1 Å². The summed E-state index contributed by atoms with van der Waals surface area (Å²) in [7, 11) is 0. The van der Waals surface area contributed by atoms with Gasteiger partial charge in [-0.15, -0.1) is 0 Å². The molecule has 0 aliphatic carbocycles. The zero-order valence-electron chi connectivity index (χ0n) is 21.9. The molecule has 10 heteroatoms. The molecule has 1 heterocycles. The lowest BCUT2D eigenvalue weighted by Gasteiger charge is -2.27. The standard InChI is InChI=1S/C28H32N4O5S/c1-19-23(16-30-26(31-19)38-18-21-10-12-22(13-11-21)25(34)35)24(33)29-14-15-32(27(36)37-28(2,3)4)17-20-8-6-5-7-9-20/h5-13,16H,14-15,17-18H2,1-4H3,(H,29,33)(H,34,35). The molecule has 0 atom stereocenters. The molecule has 200 valence electrons. The zero-order chi connectivity index (χ0) is 27.7. The lowest BCUT2D eigenvalue weighted by Crippen LogP contribution is -2.41. The number of carboxylic acid groups (broad SMARTS) is 1. The number of thioether (sulfide) groups is 1. The molecular weight excluding hydrogens is 504 g/mol. The number of carbonyl (C=O) groups is 3. The first-order valence-corrected chi connectivity index (χ1v) is 13.1. The number of carbonyl (C=O) groups excluding carboxylic acids is 2. The minimum Gasteiger partial charge on any atom is -0.478 e. The minimum absolute atomic E-state index is 0.229. The smallest absolute Gasteiger partial charge is 0.410 e. The highest BCUT2D eigenvalue weighted by molar-refractivity contribution is 7.98. The Morgan fingerprint density at radius 1 is 1.03 bits per heavy atom. The molecule has 3 aromatic rings. The van der Waals surface area contributed by atoms with Crippen molar-refractivity contribution in [1.82, 2.24) is 20.2 Å². The van der Waals surface area contributed by atoms with E-state index in [-0.39, 0.29) is 24.6 Å². The molecule has 2 N–H and O–H groups in total. The number of nitrogens with zero attached hydrogens (tertiary/aromatic N) is 3. The van der Waals surface area contributed by atoms with E-state index in [2.05, 4.69) is 15.3 Å². The average Bonchev–Trinajstić information content (AvgIpc) is 2.86. The van der Waals surface area contributed by atoms with E-state index < -0.39 is 17.7 Å². The maximum atomic E-state index is 12.8. The lowest BCUT2D eigenvalue weighted by molar-refractivity contribution is 0.0234. The van der Waals surface area contributed by atoms with Gasteiger partial charge in [-0.3, -0.25) is 4.79 Å². The molecule has 2 aromatic carbocycles. The van der Waals surface area contributed by atoms with Gasteiger partial charge in [0.2, 0.25) is 0 Å². The van der Waals surface area contributed by atoms with Crippen molar-refractivity contribution in [3.63, 3.8) is 0 Å². The molecule has 0 radical (unpaired) electrons. The first-order valence-electron chi connectivity index (χ1n) is 12.1. The highest BCUT2D eigenvalue weighted by Gasteiger charge is 2.22. The predicted octanol–water partition coefficient (Wildman–Crippen LogP) is 4.94. The predicted molar refractivity (Wildman–Crippen MR) is 145 cm³/mol. The normalized spacial score (nSPS) is 11.1. The van der Waals surface area contributed by atoms with E-state index in [1.165, 1.54) is 18.0 Å². The third kappa shape index (κ3) is 8.88. The van der Waals surface area contributed by atoms with E-state index in [1.54, 1.807) is 36.1 Å². The summed E-state index contributed by atoms with van der Waals surface area (Å²) in [4.78, 5) is 46.8. The van der Waals surface area contributed by atoms with Gasteiger partial charge in [0.1, 0.15) is 5.60 Å². The maximum absolute atomic E-state index is 12.8. The molecule has 2 amide bonds. The Labute approximate surface area is 226 Å². The van der Waals surface area contributed by atoms with E-state index in [4.69, 9.17) is 9.84 Å². The lowest BCUT2D eigenvalue weighted by atomic mass is 10.1. The van der Waals surface area contributed by atoms with Crippen LogP contribution in [-0.4, -0.2) is 56.6 Å². The van der Waals surface area contributed by atoms with Gasteiger partial charge in [-0.05, 0) is 51.0 Å². The van der Waals surface area contributed by atoms with Crippen LogP contribution in [0.25, 0.3) is 0 Å². The first-order chi connectivity index (χ1) is 18.0. The van der Waals surface area contributed by atoms with Crippen LogP contribution in [0.3, 0.4) is 0 Å². The van der Waals surface area contributed by atoms with Crippen molar-refractivity contribution in [3.8, 4) is 0 Å². The van der Waals surface area contributed by atoms with Crippen LogP contribution < -0.4 is 5.32 Å². The van der Waals surface area contributed by atoms with Crippen LogP contribution in [0.5, 0.6) is 0 Å². The molecule has 1 aromatic heterocycles. The van der Waals surface area contributed by atoms with E-state index in [0.29, 0.717) is 28.7 Å². The molecule has 0 spiro atoms. The van der Waals surface area contributed by atoms with Gasteiger partial charge in [0.05, 0.1) is 16.8 Å². The summed E-state index contributed by atoms with van der Waals surface area (Å²) in [6.07, 6.45) is 1.04. The van der Waals surface area contributed by atoms with Crippen molar-refractivity contribution in [2.24, 2.45) is 0 Å². The van der Waals surface area contributed by atoms with Gasteiger partial charge in [-0.2, -0.15) is 0 Å². The second kappa shape index (κ2) is 13.0. The Morgan fingerprint density at radius 2 is 1.71 bits per heavy atom. The SMILES string of the molecule is Cc1nc(SCc2ccc(C(=O)O)cc2)ncc1C(=O)NCCN(Cc1ccccc1)C(=O)OC(C)(C)C. The monoisotopic (exact) mass is 536 g/mol. The molecule has 0 bridgehead atoms. The Balaban J connectivity index is 1.56. The van der Waals surface area contributed by atoms with Gasteiger partial charge >= 0.3 is 12.1 Å². The highest BCUT2D eigenvalue weighted by Crippen LogP contribution is 2.20. The largest absolute Gasteiger partial charge is 0.478 e. The summed E-state index contributed by atoms with van der Waals surface area (Å²) in [5.41, 5.74) is 2.38. The summed E-state index contributed by atoms with van der Waals surface area (Å²) < 4.78 is 5.54. The highest BCUT2D eigenvalue weighted by atomic mass is 32.2. The van der Waals surface area contributed by atoms with E-state index in [0.717, 1.165) is 11.1 Å². The van der Waals surface area contributed by atoms with Crippen molar-refractivity contribution >= 4 is 29.7 Å². The molecule has 38 heavy (non-hydrogen) atoms. The van der Waals surface area contributed by atoms with Gasteiger partial charge in [0.25, 0.3) is 5.91 Å². The van der Waals surface area contributed by atoms with Crippen LogP contribution in [0.2, 0.25) is 0 Å². The third-order valence-corrected chi connectivity index (χ3v) is 6.24. The summed E-state index contributed by atoms with van der Waals surface area (Å²) in [6, 6.07) is 16.2. The van der Waals surface area contributed by atoms with Crippen molar-refractivity contribution in [3.05, 3.63) is 88.7 Å². The number of rotatable bonds is 10. The third-order valence-electron chi connectivity index (χ3n) is 5.31. The fourth-order valence-corrected chi connectivity index (χ4v) is 4.21. The number of hydrogen-bond acceptors (Lipinski definition) is 7. The number of benzene rings is 2. The molecule has 0 fully saturated rings. The van der Waals surface area contributed by atoms with Gasteiger partial charge in [-0.1, -0.05) is 54.2 Å². The van der Waals surface area contributed by atoms with Crippen molar-refractivity contribution < 1.29 is 24.2 Å². The van der Waals surface area contributed by atoms with Crippen LogP contribution in [0.4, 0.5) is 4.79 Å². The summed E-state index contributed by atoms with van der Waals surface area (Å²) in [5.74, 6) is -0.731. The van der Waals surface area contributed by atoms with Gasteiger partial charge in [0, 0.05) is 31.6 Å². The van der Waals surface area contributed by atoms with Gasteiger partial charge in [-0.25, -0.2) is 19.6 Å². The Bertz CT molecular complexity index is 1260. The number of ether oxygens (including phenoxy) is 1. The summed E-state index contributed by atoms with van der Waals surface area (Å²) in [6.45, 7) is 8.04. The average molecular weight is 537 g/mol. The quantitative estimate of drug-likeness (QED) is 0.276. The van der Waals surface area contributed by atoms with Crippen LogP contribution in [0.15, 0.2) is 66.0 Å². The number of hydrogen-bond donors (Lipinski definition) is 2. The zero-order valence-corrected chi connectivity index (χ0v) is 22.7. The van der Waals surface area contributed by atoms with E-state index >= 15 is 0 Å². The second-order valence-electron chi connectivity index (χ2n) is 9.59. The number of aryl methyl sites for hydroxylation is 1. The Morgan fingerprint density at radius 3 is 2.32 bits per heavy atom. The van der Waals surface area contributed by atoms with Crippen LogP contribution in [0.1, 0.15) is 58.3 Å². The first kappa shape index (κ1) is 28.6. The topological polar surface area (TPSA) is 122 Å². The van der Waals surface area contributed by atoms with Crippen molar-refractivity contribution in [2.75, 3.05) is 13.1 Å². The number of amides is 2. The van der Waals surface area contributed by atoms with Crippen LogP contribution in [-0.2, 0) is 17.0 Å². The fraction of sp³-hybridized carbons (Fsp3) is 0.321. The molecule has 0 aliphatic heterocycles. The molecule has 9 nitrogen and oxygen atoms in total. The number of carboxylic acids is 1. The van der Waals surface area contributed by atoms with Gasteiger partial charge < -0.3 is 20.1 Å². The number of aromatic carboxylic acids is 1. The Kier molecular flexibility index (Phi) is 9.84. The maximum Gasteiger partial charge on any atom is 0.410 e. The van der Waals surface area contributed by atoms with Crippen LogP contribution in [0, 0.1) is 6.92 Å². The summed E-state index contributed by atoms with van der Waals surface area (Å²) in [5, 5.41) is 12.4. The Hall–Kier alpha value is -3.92. The van der Waals surface area contributed by atoms with E-state index in [9.17, 15) is 14.4 Å². The minimum atomic E-state index is -0.967. The molecule has 0 saturated carbocycles. The fourth-order valence-electron chi connectivity index (χ4n) is 3.39. The van der Waals surface area contributed by atoms with Crippen LogP contribution >= 0.6 is 11.8 Å². The molecule has 0 saturated heterocycles. The number of aromatic nitrogens is 2. The van der Waals surface area contributed by atoms with Crippen molar-refractivity contribution in [2.45, 2.75) is 50.8 Å². The molecule has 0 unspecified atom stereocenters. The van der Waals surface area contributed by atoms with Gasteiger partial charge in [0.15, 0.2) is 5.16 Å². The van der Waals surface area contributed by atoms with Crippen molar-refractivity contribution in [1.29, 1.82) is 0 Å². The molecule has 0 aliphatic rings. The molecular formula is C28H32N4O5S. The number of nitrogens with one attached hydrogen (secondary N) is 1. The molecule has 3 rings (SSSR count). The summed E-state index contributed by atoms with van der Waals surface area (Å²) >= 11 is 1.39. The second-order valence-corrected chi connectivity index (χ2v) is 10.5.